The van der Waals surface area contributed by atoms with Gasteiger partial charge in [0.1, 0.15) is 5.56 Å². The van der Waals surface area contributed by atoms with Gasteiger partial charge in [-0.1, -0.05) is 17.7 Å². The fourth-order valence-electron chi connectivity index (χ4n) is 4.54. The molecule has 1 fully saturated rings. The van der Waals surface area contributed by atoms with Gasteiger partial charge in [0, 0.05) is 37.7 Å². The van der Waals surface area contributed by atoms with Crippen molar-refractivity contribution < 1.29 is 26.9 Å². The number of ether oxygens (including phenoxy) is 1. The van der Waals surface area contributed by atoms with Gasteiger partial charge in [-0.3, -0.25) is 9.35 Å². The topological polar surface area (TPSA) is 151 Å². The van der Waals surface area contributed by atoms with E-state index in [9.17, 15) is 17.6 Å². The van der Waals surface area contributed by atoms with Crippen LogP contribution in [0.15, 0.2) is 53.8 Å². The Bertz CT molecular complexity index is 1660. The third-order valence-corrected chi connectivity index (χ3v) is 7.40. The molecule has 224 valence electrons. The number of amides is 1. The lowest BCUT2D eigenvalue weighted by Crippen LogP contribution is -2.26. The number of aromatic nitrogens is 4. The minimum absolute atomic E-state index is 0.0666. The van der Waals surface area contributed by atoms with E-state index in [0.717, 1.165) is 31.6 Å². The molecule has 0 bridgehead atoms. The van der Waals surface area contributed by atoms with Gasteiger partial charge >= 0.3 is 0 Å². The number of imidazole rings is 1. The largest absolute Gasteiger partial charge is 0.477 e. The second-order valence-corrected chi connectivity index (χ2v) is 11.3. The zero-order valence-corrected chi connectivity index (χ0v) is 24.7. The summed E-state index contributed by atoms with van der Waals surface area (Å²) < 4.78 is 51.1. The van der Waals surface area contributed by atoms with Crippen LogP contribution in [0.4, 0.5) is 16.0 Å². The molecule has 1 atom stereocenters. The van der Waals surface area contributed by atoms with Crippen molar-refractivity contribution >= 4 is 33.3 Å². The highest BCUT2D eigenvalue weighted by Crippen LogP contribution is 2.25. The number of benzene rings is 1. The number of hydrogen-bond donors (Lipinski definition) is 3. The quantitative estimate of drug-likeness (QED) is 0.257. The van der Waals surface area contributed by atoms with Crippen LogP contribution in [0.2, 0.25) is 0 Å². The first-order chi connectivity index (χ1) is 20.0. The van der Waals surface area contributed by atoms with Crippen LogP contribution in [0.3, 0.4) is 0 Å². The number of carbonyl (C=O) groups is 1. The molecule has 4 heterocycles. The highest BCUT2D eigenvalue weighted by atomic mass is 32.2. The van der Waals surface area contributed by atoms with Crippen molar-refractivity contribution in [2.45, 2.75) is 32.1 Å². The summed E-state index contributed by atoms with van der Waals surface area (Å²) in [5.41, 5.74) is 2.34. The Kier molecular flexibility index (Phi) is 9.70. The molecule has 1 aromatic carbocycles. The van der Waals surface area contributed by atoms with Gasteiger partial charge in [0.05, 0.1) is 22.9 Å². The van der Waals surface area contributed by atoms with Gasteiger partial charge in [0.15, 0.2) is 11.5 Å². The SMILES string of the molecule is CCOc1nc(N2CC[C@@H](CNC)C2)ncc1C(=O)Nc1cc(F)c2nc(C)cn2c1.Cc1ccc(S(=O)(=O)O)cc1. The Morgan fingerprint density at radius 1 is 1.19 bits per heavy atom. The summed E-state index contributed by atoms with van der Waals surface area (Å²) >= 11 is 0. The molecule has 0 saturated carbocycles. The van der Waals surface area contributed by atoms with Crippen molar-refractivity contribution in [3.63, 3.8) is 0 Å². The molecule has 4 aromatic rings. The summed E-state index contributed by atoms with van der Waals surface area (Å²) in [4.78, 5) is 27.9. The average molecular weight is 600 g/mol. The predicted octanol–water partition coefficient (Wildman–Crippen LogP) is 3.51. The van der Waals surface area contributed by atoms with Crippen molar-refractivity contribution in [3.8, 4) is 5.88 Å². The lowest BCUT2D eigenvalue weighted by atomic mass is 10.1. The Morgan fingerprint density at radius 3 is 2.60 bits per heavy atom. The van der Waals surface area contributed by atoms with Crippen LogP contribution < -0.4 is 20.3 Å². The van der Waals surface area contributed by atoms with Crippen LogP contribution in [0.1, 0.15) is 35.0 Å². The molecule has 0 spiro atoms. The van der Waals surface area contributed by atoms with Gasteiger partial charge in [-0.25, -0.2) is 14.4 Å². The van der Waals surface area contributed by atoms with Gasteiger partial charge in [-0.05, 0) is 58.8 Å². The van der Waals surface area contributed by atoms with E-state index in [1.165, 1.54) is 28.8 Å². The molecule has 1 aliphatic rings. The molecule has 1 aliphatic heterocycles. The number of anilines is 2. The van der Waals surface area contributed by atoms with Crippen molar-refractivity contribution in [2.24, 2.45) is 5.92 Å². The van der Waals surface area contributed by atoms with Crippen LogP contribution in [-0.4, -0.2) is 71.5 Å². The number of aryl methyl sites for hydroxylation is 2. The zero-order chi connectivity index (χ0) is 30.4. The second-order valence-electron chi connectivity index (χ2n) is 9.91. The summed E-state index contributed by atoms with van der Waals surface area (Å²) in [7, 11) is -2.08. The van der Waals surface area contributed by atoms with Crippen molar-refractivity contribution in [1.82, 2.24) is 24.7 Å². The molecular weight excluding hydrogens is 565 g/mol. The first-order valence-corrected chi connectivity index (χ1v) is 14.8. The number of rotatable bonds is 8. The summed E-state index contributed by atoms with van der Waals surface area (Å²) in [6, 6.07) is 7.23. The lowest BCUT2D eigenvalue weighted by molar-refractivity contribution is 0.102. The molecule has 5 rings (SSSR count). The first-order valence-electron chi connectivity index (χ1n) is 13.4. The average Bonchev–Trinajstić information content (AvgIpc) is 3.55. The van der Waals surface area contributed by atoms with Gasteiger partial charge in [0.25, 0.3) is 16.0 Å². The number of pyridine rings is 1. The van der Waals surface area contributed by atoms with E-state index in [0.29, 0.717) is 29.9 Å². The van der Waals surface area contributed by atoms with E-state index in [-0.39, 0.29) is 22.0 Å². The molecule has 0 radical (unpaired) electrons. The predicted molar refractivity (Wildman–Crippen MR) is 156 cm³/mol. The maximum absolute atomic E-state index is 14.3. The molecule has 0 aliphatic carbocycles. The molecule has 0 unspecified atom stereocenters. The van der Waals surface area contributed by atoms with Crippen LogP contribution in [0.5, 0.6) is 5.88 Å². The first kappa shape index (κ1) is 30.8. The minimum atomic E-state index is -4.02. The molecule has 1 saturated heterocycles. The van der Waals surface area contributed by atoms with E-state index in [4.69, 9.17) is 9.29 Å². The third kappa shape index (κ3) is 7.57. The van der Waals surface area contributed by atoms with Crippen LogP contribution in [-0.2, 0) is 10.1 Å². The van der Waals surface area contributed by atoms with Crippen LogP contribution in [0, 0.1) is 25.6 Å². The Morgan fingerprint density at radius 2 is 1.93 bits per heavy atom. The van der Waals surface area contributed by atoms with Crippen molar-refractivity contribution in [1.29, 1.82) is 0 Å². The highest BCUT2D eigenvalue weighted by molar-refractivity contribution is 7.85. The fourth-order valence-corrected chi connectivity index (χ4v) is 5.02. The summed E-state index contributed by atoms with van der Waals surface area (Å²) in [6.45, 7) is 8.44. The van der Waals surface area contributed by atoms with Crippen LogP contribution in [0.25, 0.3) is 5.65 Å². The maximum atomic E-state index is 14.3. The molecule has 3 N–H and O–H groups in total. The van der Waals surface area contributed by atoms with Crippen molar-refractivity contribution in [2.75, 3.05) is 43.5 Å². The number of fused-ring (bicyclic) bond motifs is 1. The highest BCUT2D eigenvalue weighted by Gasteiger charge is 2.26. The van der Waals surface area contributed by atoms with E-state index in [2.05, 4.69) is 30.5 Å². The third-order valence-electron chi connectivity index (χ3n) is 6.53. The molecule has 42 heavy (non-hydrogen) atoms. The Balaban J connectivity index is 0.000000310. The second kappa shape index (κ2) is 13.2. The number of nitrogens with one attached hydrogen (secondary N) is 2. The number of halogens is 1. The normalized spacial score (nSPS) is 14.9. The van der Waals surface area contributed by atoms with E-state index in [1.807, 2.05) is 20.9 Å². The zero-order valence-electron chi connectivity index (χ0n) is 23.8. The van der Waals surface area contributed by atoms with Gasteiger partial charge < -0.3 is 24.7 Å². The van der Waals surface area contributed by atoms with E-state index in [1.54, 1.807) is 31.5 Å². The van der Waals surface area contributed by atoms with E-state index < -0.39 is 21.8 Å². The van der Waals surface area contributed by atoms with Crippen LogP contribution >= 0.6 is 0 Å². The summed E-state index contributed by atoms with van der Waals surface area (Å²) in [5.74, 6) is 0.290. The molecule has 3 aromatic heterocycles. The van der Waals surface area contributed by atoms with Gasteiger partial charge in [0.2, 0.25) is 11.8 Å². The Hall–Kier alpha value is -4.14. The molecule has 1 amide bonds. The summed E-state index contributed by atoms with van der Waals surface area (Å²) in [5, 5.41) is 5.90. The number of hydrogen-bond acceptors (Lipinski definition) is 9. The van der Waals surface area contributed by atoms with E-state index >= 15 is 0 Å². The Labute approximate surface area is 243 Å². The summed E-state index contributed by atoms with van der Waals surface area (Å²) in [6.07, 6.45) is 5.81. The minimum Gasteiger partial charge on any atom is -0.477 e. The van der Waals surface area contributed by atoms with Gasteiger partial charge in [-0.15, -0.1) is 0 Å². The fraction of sp³-hybridized carbons (Fsp3) is 0.357. The van der Waals surface area contributed by atoms with Crippen molar-refractivity contribution in [3.05, 3.63) is 71.6 Å². The molecule has 14 heteroatoms. The number of nitrogens with zero attached hydrogens (tertiary/aromatic N) is 5. The lowest BCUT2D eigenvalue weighted by Gasteiger charge is -2.18. The maximum Gasteiger partial charge on any atom is 0.294 e. The smallest absolute Gasteiger partial charge is 0.294 e. The number of carbonyl (C=O) groups excluding carboxylic acids is 1. The monoisotopic (exact) mass is 599 g/mol. The molecule has 12 nitrogen and oxygen atoms in total. The molecular formula is C28H34FN7O5S. The van der Waals surface area contributed by atoms with Gasteiger partial charge in [-0.2, -0.15) is 13.4 Å². The standard InChI is InChI=1S/C21H26FN7O2.C7H8O3S/c1-4-31-20-16(9-24-21(27-20)28-6-5-14(11-28)8-23-3)19(30)26-15-7-17(22)18-25-13(2)10-29(18)12-15;1-6-2-4-7(5-3-6)11(8,9)10/h7,9-10,12,14,23H,4-6,8,11H2,1-3H3,(H,26,30);2-5H,1H3,(H,8,9,10)/t14-;/m0./s1.